The molecule has 5 heteroatoms. The number of carbonyl (C=O) groups excluding carboxylic acids is 1. The zero-order valence-electron chi connectivity index (χ0n) is 16.4. The van der Waals surface area contributed by atoms with E-state index in [9.17, 15) is 4.79 Å². The molecule has 0 saturated carbocycles. The Bertz CT molecular complexity index is 906. The fourth-order valence-electron chi connectivity index (χ4n) is 2.84. The molecule has 2 aromatic carbocycles. The van der Waals surface area contributed by atoms with Gasteiger partial charge < -0.3 is 10.1 Å². The number of anilines is 1. The Morgan fingerprint density at radius 2 is 2.00 bits per heavy atom. The highest BCUT2D eigenvalue weighted by atomic mass is 32.1. The largest absolute Gasteiger partial charge is 0.494 e. The number of hydrogen-bond donors (Lipinski definition) is 1. The number of carbonyl (C=O) groups is 1. The van der Waals surface area contributed by atoms with Crippen molar-refractivity contribution in [3.63, 3.8) is 0 Å². The second-order valence-electron chi connectivity index (χ2n) is 6.80. The maximum Gasteiger partial charge on any atom is 0.230 e. The lowest BCUT2D eigenvalue weighted by molar-refractivity contribution is -0.115. The normalized spacial score (nSPS) is 10.6. The van der Waals surface area contributed by atoms with Crippen LogP contribution in [0.25, 0.3) is 0 Å². The second-order valence-corrected chi connectivity index (χ2v) is 7.74. The lowest BCUT2D eigenvalue weighted by Gasteiger charge is -2.11. The minimum absolute atomic E-state index is 0.0562. The molecule has 0 aliphatic rings. The lowest BCUT2D eigenvalue weighted by atomic mass is 10.1. The highest BCUT2D eigenvalue weighted by Crippen LogP contribution is 2.22. The van der Waals surface area contributed by atoms with Crippen LogP contribution in [0, 0.1) is 6.92 Å². The second kappa shape index (κ2) is 10.0. The Morgan fingerprint density at radius 3 is 2.75 bits per heavy atom. The summed E-state index contributed by atoms with van der Waals surface area (Å²) in [6.45, 7) is 4.83. The van der Waals surface area contributed by atoms with Crippen LogP contribution in [0.3, 0.4) is 0 Å². The van der Waals surface area contributed by atoms with E-state index in [1.54, 1.807) is 11.3 Å². The summed E-state index contributed by atoms with van der Waals surface area (Å²) in [7, 11) is 0. The van der Waals surface area contributed by atoms with Crippen molar-refractivity contribution in [3.8, 4) is 5.75 Å². The first-order valence-corrected chi connectivity index (χ1v) is 10.5. The number of rotatable bonds is 9. The smallest absolute Gasteiger partial charge is 0.230 e. The Labute approximate surface area is 170 Å². The SMILES string of the molecule is CCCCOc1ccc(NC(=O)Cc2csc(Cc3ccccc3)n2)c(C)c1. The molecular formula is C23H26N2O2S. The van der Waals surface area contributed by atoms with E-state index in [4.69, 9.17) is 4.74 Å². The predicted molar refractivity (Wildman–Crippen MR) is 115 cm³/mol. The van der Waals surface area contributed by atoms with Crippen molar-refractivity contribution >= 4 is 22.9 Å². The van der Waals surface area contributed by atoms with Crippen molar-refractivity contribution in [3.05, 3.63) is 75.7 Å². The van der Waals surface area contributed by atoms with E-state index in [0.29, 0.717) is 0 Å². The van der Waals surface area contributed by atoms with Crippen LogP contribution in [0.15, 0.2) is 53.9 Å². The van der Waals surface area contributed by atoms with E-state index >= 15 is 0 Å². The van der Waals surface area contributed by atoms with Gasteiger partial charge in [0.15, 0.2) is 0 Å². The molecule has 0 spiro atoms. The van der Waals surface area contributed by atoms with Gasteiger partial charge in [-0.15, -0.1) is 11.3 Å². The van der Waals surface area contributed by atoms with Gasteiger partial charge in [0.05, 0.1) is 23.7 Å². The molecule has 1 amide bonds. The average Bonchev–Trinajstić information content (AvgIpc) is 3.11. The van der Waals surface area contributed by atoms with Crippen molar-refractivity contribution in [1.29, 1.82) is 0 Å². The van der Waals surface area contributed by atoms with Gasteiger partial charge in [0.1, 0.15) is 5.75 Å². The molecule has 146 valence electrons. The number of unbranched alkanes of at least 4 members (excludes halogenated alkanes) is 1. The molecule has 1 N–H and O–H groups in total. The van der Waals surface area contributed by atoms with Gasteiger partial charge in [0, 0.05) is 17.5 Å². The fourth-order valence-corrected chi connectivity index (χ4v) is 3.67. The van der Waals surface area contributed by atoms with Gasteiger partial charge in [0.25, 0.3) is 0 Å². The summed E-state index contributed by atoms with van der Waals surface area (Å²) in [4.78, 5) is 17.0. The first-order valence-electron chi connectivity index (χ1n) is 9.64. The molecule has 0 saturated heterocycles. The summed E-state index contributed by atoms with van der Waals surface area (Å²) in [5.41, 5.74) is 3.84. The van der Waals surface area contributed by atoms with E-state index < -0.39 is 0 Å². The molecule has 0 atom stereocenters. The number of benzene rings is 2. The standard InChI is InChI=1S/C23H26N2O2S/c1-3-4-12-27-20-10-11-21(17(2)13-20)25-22(26)15-19-16-28-23(24-19)14-18-8-6-5-7-9-18/h5-11,13,16H,3-4,12,14-15H2,1-2H3,(H,25,26). The minimum Gasteiger partial charge on any atom is -0.494 e. The number of thiazole rings is 1. The van der Waals surface area contributed by atoms with E-state index in [1.165, 1.54) is 5.56 Å². The molecule has 28 heavy (non-hydrogen) atoms. The summed E-state index contributed by atoms with van der Waals surface area (Å²) < 4.78 is 5.71. The van der Waals surface area contributed by atoms with Crippen LogP contribution >= 0.6 is 11.3 Å². The van der Waals surface area contributed by atoms with Crippen LogP contribution in [0.1, 0.15) is 41.6 Å². The molecule has 0 fully saturated rings. The van der Waals surface area contributed by atoms with Crippen molar-refractivity contribution in [2.75, 3.05) is 11.9 Å². The number of ether oxygens (including phenoxy) is 1. The minimum atomic E-state index is -0.0562. The molecule has 0 aliphatic carbocycles. The zero-order valence-corrected chi connectivity index (χ0v) is 17.2. The number of aryl methyl sites for hydroxylation is 1. The Balaban J connectivity index is 1.54. The molecule has 1 aromatic heterocycles. The third-order valence-electron chi connectivity index (χ3n) is 4.38. The van der Waals surface area contributed by atoms with Gasteiger partial charge in [-0.1, -0.05) is 43.7 Å². The van der Waals surface area contributed by atoms with Gasteiger partial charge in [-0.2, -0.15) is 0 Å². The van der Waals surface area contributed by atoms with Crippen molar-refractivity contribution in [2.45, 2.75) is 39.5 Å². The van der Waals surface area contributed by atoms with E-state index in [0.717, 1.165) is 53.6 Å². The summed E-state index contributed by atoms with van der Waals surface area (Å²) in [6.07, 6.45) is 3.22. The number of nitrogens with zero attached hydrogens (tertiary/aromatic N) is 1. The van der Waals surface area contributed by atoms with Crippen LogP contribution in [-0.4, -0.2) is 17.5 Å². The predicted octanol–water partition coefficient (Wildman–Crippen LogP) is 5.40. The molecule has 3 rings (SSSR count). The number of amides is 1. The van der Waals surface area contributed by atoms with Crippen molar-refractivity contribution in [1.82, 2.24) is 4.98 Å². The van der Waals surface area contributed by atoms with E-state index in [-0.39, 0.29) is 12.3 Å². The molecule has 0 radical (unpaired) electrons. The lowest BCUT2D eigenvalue weighted by Crippen LogP contribution is -2.15. The highest BCUT2D eigenvalue weighted by Gasteiger charge is 2.10. The Morgan fingerprint density at radius 1 is 1.18 bits per heavy atom. The summed E-state index contributed by atoms with van der Waals surface area (Å²) >= 11 is 1.60. The van der Waals surface area contributed by atoms with Crippen LogP contribution in [0.2, 0.25) is 0 Å². The molecule has 0 unspecified atom stereocenters. The van der Waals surface area contributed by atoms with Gasteiger partial charge in [-0.05, 0) is 42.7 Å². The van der Waals surface area contributed by atoms with Crippen LogP contribution in [0.5, 0.6) is 5.75 Å². The average molecular weight is 395 g/mol. The van der Waals surface area contributed by atoms with Crippen molar-refractivity contribution < 1.29 is 9.53 Å². The summed E-state index contributed by atoms with van der Waals surface area (Å²) in [5, 5.41) is 5.98. The Kier molecular flexibility index (Phi) is 7.20. The molecule has 0 aliphatic heterocycles. The third kappa shape index (κ3) is 5.92. The van der Waals surface area contributed by atoms with Crippen LogP contribution in [-0.2, 0) is 17.6 Å². The summed E-state index contributed by atoms with van der Waals surface area (Å²) in [5.74, 6) is 0.785. The van der Waals surface area contributed by atoms with Crippen molar-refractivity contribution in [2.24, 2.45) is 0 Å². The van der Waals surface area contributed by atoms with Gasteiger partial charge >= 0.3 is 0 Å². The highest BCUT2D eigenvalue weighted by molar-refractivity contribution is 7.09. The van der Waals surface area contributed by atoms with Crippen LogP contribution < -0.4 is 10.1 Å². The first kappa shape index (κ1) is 20.1. The van der Waals surface area contributed by atoms with Gasteiger partial charge in [-0.25, -0.2) is 4.98 Å². The number of aromatic nitrogens is 1. The number of hydrogen-bond acceptors (Lipinski definition) is 4. The van der Waals surface area contributed by atoms with E-state index in [2.05, 4.69) is 29.4 Å². The number of nitrogens with one attached hydrogen (secondary N) is 1. The molecule has 0 bridgehead atoms. The molecule has 4 nitrogen and oxygen atoms in total. The first-order chi connectivity index (χ1) is 13.6. The molecule has 3 aromatic rings. The van der Waals surface area contributed by atoms with E-state index in [1.807, 2.05) is 48.7 Å². The summed E-state index contributed by atoms with van der Waals surface area (Å²) in [6, 6.07) is 16.0. The van der Waals surface area contributed by atoms with Crippen LogP contribution in [0.4, 0.5) is 5.69 Å². The van der Waals surface area contributed by atoms with Gasteiger partial charge in [0.2, 0.25) is 5.91 Å². The maximum absolute atomic E-state index is 12.4. The molecular weight excluding hydrogens is 368 g/mol. The quantitative estimate of drug-likeness (QED) is 0.494. The monoisotopic (exact) mass is 394 g/mol. The fraction of sp³-hybridized carbons (Fsp3) is 0.304. The topological polar surface area (TPSA) is 51.2 Å². The Hall–Kier alpha value is -2.66. The molecule has 1 heterocycles. The maximum atomic E-state index is 12.4. The zero-order chi connectivity index (χ0) is 19.8. The van der Waals surface area contributed by atoms with Gasteiger partial charge in [-0.3, -0.25) is 4.79 Å². The third-order valence-corrected chi connectivity index (χ3v) is 5.28.